The van der Waals surface area contributed by atoms with Crippen LogP contribution in [-0.2, 0) is 66.2 Å². The van der Waals surface area contributed by atoms with E-state index in [1.165, 1.54) is 7.11 Å². The first-order valence-electron chi connectivity index (χ1n) is 8.62. The minimum Gasteiger partial charge on any atom is -0.480 e. The Hall–Kier alpha value is -0.591. The van der Waals surface area contributed by atoms with Crippen molar-refractivity contribution < 1.29 is 75.2 Å². The zero-order valence-electron chi connectivity index (χ0n) is 18.0. The molecular weight excluding hydrogens is 496 g/mol. The van der Waals surface area contributed by atoms with Gasteiger partial charge in [-0.1, -0.05) is 27.7 Å². The molecule has 0 saturated carbocycles. The normalized spacial score (nSPS) is 13.5. The number of amides is 2. The number of nitrogens with one attached hydrogen (secondary N) is 2. The molecule has 30 heavy (non-hydrogen) atoms. The number of hydrogen-bond acceptors (Lipinski definition) is 8. The van der Waals surface area contributed by atoms with E-state index in [2.05, 4.69) is 15.5 Å². The number of nitrogens with two attached hydrogens (primary N) is 1. The molecule has 2 radical (unpaired) electrons. The Kier molecular flexibility index (Phi) is 22.1. The van der Waals surface area contributed by atoms with Gasteiger partial charge in [-0.3, -0.25) is 14.8 Å². The van der Waals surface area contributed by atoms with Crippen molar-refractivity contribution in [3.63, 3.8) is 0 Å². The van der Waals surface area contributed by atoms with Gasteiger partial charge in [-0.15, -0.1) is 0 Å². The standard InChI is InChI=1S/C15H29N3O6S.CH4O2.2V/c1-8(2)11(14(20)18-12(9(3)4)15(21)22)17-13(19)10(16)6-7-25(5,23)24;1-3-2;;/h8-12H,6-7,16H2,1-5H3,(H,17,19)(H,18,20)(H,21,22);2H,1H3;;. The number of aliphatic carboxylic acids is 1. The first-order chi connectivity index (χ1) is 12.7. The van der Waals surface area contributed by atoms with E-state index in [0.29, 0.717) is 0 Å². The maximum Gasteiger partial charge on any atom is 0.326 e. The fourth-order valence-electron chi connectivity index (χ4n) is 2.02. The maximum absolute atomic E-state index is 12.4. The first-order valence-corrected chi connectivity index (χ1v) is 10.7. The van der Waals surface area contributed by atoms with Crippen LogP contribution in [0, 0.1) is 11.8 Å². The van der Waals surface area contributed by atoms with E-state index in [9.17, 15) is 22.8 Å². The molecule has 0 rings (SSSR count). The van der Waals surface area contributed by atoms with Crippen LogP contribution in [0.3, 0.4) is 0 Å². The van der Waals surface area contributed by atoms with E-state index in [-0.39, 0.29) is 61.1 Å². The molecule has 0 aliphatic carbocycles. The molecule has 6 N–H and O–H groups in total. The molecule has 14 heteroatoms. The molecule has 0 aromatic heterocycles. The molecule has 3 atom stereocenters. The third-order valence-corrected chi connectivity index (χ3v) is 4.59. The van der Waals surface area contributed by atoms with Crippen LogP contribution in [-0.4, -0.2) is 73.8 Å². The minimum absolute atomic E-state index is 0. The molecule has 0 heterocycles. The monoisotopic (exact) mass is 529 g/mol. The molecule has 0 spiro atoms. The van der Waals surface area contributed by atoms with Crippen molar-refractivity contribution in [2.24, 2.45) is 17.6 Å². The van der Waals surface area contributed by atoms with Crippen molar-refractivity contribution >= 4 is 27.6 Å². The first kappa shape index (κ1) is 36.8. The van der Waals surface area contributed by atoms with Crippen molar-refractivity contribution in [3.8, 4) is 0 Å². The molecule has 11 nitrogen and oxygen atoms in total. The molecule has 2 amide bonds. The van der Waals surface area contributed by atoms with Gasteiger partial charge in [0.1, 0.15) is 21.9 Å². The van der Waals surface area contributed by atoms with Gasteiger partial charge >= 0.3 is 5.97 Å². The summed E-state index contributed by atoms with van der Waals surface area (Å²) in [5, 5.41) is 21.1. The number of carboxylic acids is 1. The summed E-state index contributed by atoms with van der Waals surface area (Å²) in [6, 6.07) is -3.13. The fourth-order valence-corrected chi connectivity index (χ4v) is 2.71. The largest absolute Gasteiger partial charge is 0.480 e. The Bertz CT molecular complexity index is 618. The van der Waals surface area contributed by atoms with E-state index < -0.39 is 45.7 Å². The second-order valence-electron chi connectivity index (χ2n) is 7.01. The Morgan fingerprint density at radius 2 is 1.33 bits per heavy atom. The van der Waals surface area contributed by atoms with E-state index in [4.69, 9.17) is 16.1 Å². The van der Waals surface area contributed by atoms with Gasteiger partial charge in [0.05, 0.1) is 18.9 Å². The second kappa shape index (κ2) is 18.0. The van der Waals surface area contributed by atoms with Crippen molar-refractivity contribution in [2.75, 3.05) is 19.1 Å². The molecule has 0 aromatic carbocycles. The molecule has 3 unspecified atom stereocenters. The van der Waals surface area contributed by atoms with Gasteiger partial charge < -0.3 is 21.5 Å². The Balaban J connectivity index is -0.000000634. The Morgan fingerprint density at radius 1 is 0.967 bits per heavy atom. The van der Waals surface area contributed by atoms with Crippen molar-refractivity contribution in [3.05, 3.63) is 0 Å². The molecule has 0 fully saturated rings. The predicted molar refractivity (Wildman–Crippen MR) is 103 cm³/mol. The minimum atomic E-state index is -3.25. The summed E-state index contributed by atoms with van der Waals surface area (Å²) >= 11 is 0. The number of carboxylic acid groups (broad SMARTS) is 1. The van der Waals surface area contributed by atoms with Crippen LogP contribution in [0.25, 0.3) is 0 Å². The van der Waals surface area contributed by atoms with Crippen molar-refractivity contribution in [1.29, 1.82) is 0 Å². The smallest absolute Gasteiger partial charge is 0.326 e. The van der Waals surface area contributed by atoms with E-state index in [0.717, 1.165) is 6.26 Å². The van der Waals surface area contributed by atoms with Crippen LogP contribution in [0.5, 0.6) is 0 Å². The summed E-state index contributed by atoms with van der Waals surface area (Å²) in [6.07, 6.45) is 0.973. The molecule has 176 valence electrons. The summed E-state index contributed by atoms with van der Waals surface area (Å²) in [5.74, 6) is -3.33. The van der Waals surface area contributed by atoms with Gasteiger partial charge in [0.2, 0.25) is 11.8 Å². The SMILES string of the molecule is CC(C)C(NC(=O)C(NC(=O)C(N)CCS(C)(=O)=O)C(C)C)C(=O)O.COO.[V].[V]. The molecule has 0 aromatic rings. The van der Waals surface area contributed by atoms with E-state index in [1.54, 1.807) is 27.7 Å². The number of hydrogen-bond donors (Lipinski definition) is 5. The number of rotatable bonds is 10. The van der Waals surface area contributed by atoms with Crippen LogP contribution < -0.4 is 16.4 Å². The van der Waals surface area contributed by atoms with E-state index in [1.807, 2.05) is 0 Å². The molecule has 0 aliphatic heterocycles. The molecule has 0 saturated heterocycles. The van der Waals surface area contributed by atoms with Crippen LogP contribution in [0.2, 0.25) is 0 Å². The molecular formula is C16H33N3O8SV2. The number of carbonyl (C=O) groups excluding carboxylic acids is 2. The average molecular weight is 529 g/mol. The summed E-state index contributed by atoms with van der Waals surface area (Å²) in [4.78, 5) is 38.9. The van der Waals surface area contributed by atoms with Gasteiger partial charge in [-0.2, -0.15) is 0 Å². The Morgan fingerprint density at radius 3 is 1.63 bits per heavy atom. The molecule has 0 aliphatic rings. The quantitative estimate of drug-likeness (QED) is 0.179. The summed E-state index contributed by atoms with van der Waals surface area (Å²) in [7, 11) is -2.07. The van der Waals surface area contributed by atoms with Crippen molar-refractivity contribution in [2.45, 2.75) is 52.2 Å². The Labute approximate surface area is 201 Å². The van der Waals surface area contributed by atoms with Gasteiger partial charge in [0.15, 0.2) is 0 Å². The summed E-state index contributed by atoms with van der Waals surface area (Å²) < 4.78 is 22.3. The predicted octanol–water partition coefficient (Wildman–Crippen LogP) is -0.785. The second-order valence-corrected chi connectivity index (χ2v) is 9.27. The summed E-state index contributed by atoms with van der Waals surface area (Å²) in [6.45, 7) is 6.70. The van der Waals surface area contributed by atoms with Crippen LogP contribution >= 0.6 is 0 Å². The third kappa shape index (κ3) is 17.1. The van der Waals surface area contributed by atoms with Gasteiger partial charge in [0.25, 0.3) is 0 Å². The van der Waals surface area contributed by atoms with Gasteiger partial charge in [-0.25, -0.2) is 18.1 Å². The van der Waals surface area contributed by atoms with Gasteiger partial charge in [0, 0.05) is 43.4 Å². The zero-order valence-corrected chi connectivity index (χ0v) is 21.6. The maximum atomic E-state index is 12.4. The third-order valence-electron chi connectivity index (χ3n) is 3.61. The van der Waals surface area contributed by atoms with E-state index >= 15 is 0 Å². The average Bonchev–Trinajstić information content (AvgIpc) is 2.53. The molecule has 0 bridgehead atoms. The zero-order chi connectivity index (χ0) is 22.7. The summed E-state index contributed by atoms with van der Waals surface area (Å²) in [5.41, 5.74) is 5.67. The fraction of sp³-hybridized carbons (Fsp3) is 0.812. The van der Waals surface area contributed by atoms with Gasteiger partial charge in [-0.05, 0) is 18.3 Å². The van der Waals surface area contributed by atoms with Crippen LogP contribution in [0.1, 0.15) is 34.1 Å². The van der Waals surface area contributed by atoms with Crippen LogP contribution in [0.4, 0.5) is 0 Å². The number of sulfone groups is 1. The van der Waals surface area contributed by atoms with Crippen molar-refractivity contribution in [1.82, 2.24) is 10.6 Å². The topological polar surface area (TPSA) is 185 Å². The number of carbonyl (C=O) groups is 3. The van der Waals surface area contributed by atoms with Crippen LogP contribution in [0.15, 0.2) is 0 Å².